The molecule has 38 heavy (non-hydrogen) atoms. The van der Waals surface area contributed by atoms with E-state index < -0.39 is 0 Å². The Morgan fingerprint density at radius 3 is 2.18 bits per heavy atom. The molecule has 1 N–H and O–H groups in total. The van der Waals surface area contributed by atoms with Gasteiger partial charge in [-0.25, -0.2) is 0 Å². The van der Waals surface area contributed by atoms with Gasteiger partial charge in [-0.1, -0.05) is 105 Å². The second kappa shape index (κ2) is 12.7. The highest BCUT2D eigenvalue weighted by molar-refractivity contribution is 5.31. The molecule has 9 unspecified atom stereocenters. The van der Waals surface area contributed by atoms with Crippen molar-refractivity contribution in [2.75, 3.05) is 0 Å². The molecule has 4 aliphatic carbocycles. The molecule has 0 aromatic rings. The first-order chi connectivity index (χ1) is 18.4. The van der Waals surface area contributed by atoms with Gasteiger partial charge in [0, 0.05) is 12.0 Å². The largest absolute Gasteiger partial charge is 0.309 e. The minimum Gasteiger partial charge on any atom is -0.309 e. The number of hydrogen-bond acceptors (Lipinski definition) is 1. The first-order valence-corrected chi connectivity index (χ1v) is 17.0. The molecule has 0 saturated heterocycles. The summed E-state index contributed by atoms with van der Waals surface area (Å²) in [7, 11) is 0. The van der Waals surface area contributed by atoms with Crippen molar-refractivity contribution >= 4 is 6.72 Å². The van der Waals surface area contributed by atoms with Gasteiger partial charge in [-0.15, -0.1) is 6.08 Å². The maximum absolute atomic E-state index is 4.86. The summed E-state index contributed by atoms with van der Waals surface area (Å²) in [6.45, 7) is 17.3. The summed E-state index contributed by atoms with van der Waals surface area (Å²) in [6, 6.07) is 2.57. The van der Waals surface area contributed by atoms with Gasteiger partial charge in [0.15, 0.2) is 0 Å². The monoisotopic (exact) mass is 520 g/mol. The smallest absolute Gasteiger partial charge is 0.117 e. The minimum atomic E-state index is 0.415. The molecule has 214 valence electrons. The van der Waals surface area contributed by atoms with Gasteiger partial charge in [0.1, 0.15) is 11.7 Å². The fraction of sp³-hybridized carbons (Fsp3) is 0.833. The van der Waals surface area contributed by atoms with Gasteiger partial charge in [-0.3, -0.25) is 4.58 Å². The standard InChI is InChI=1S/C36H60N2/c1-24(2)28-17-9-10-19-32(28)36(37-35-26(5)14-11-20-29(35)25(3)4)34-23-13-22-33(38(34)6)31-21-12-16-27-15-7-8-18-30(27)31/h13,22-32,35-37H,6-12,14-21H2,1-5H3. The molecule has 0 spiro atoms. The van der Waals surface area contributed by atoms with Crippen LogP contribution < -0.4 is 5.32 Å². The van der Waals surface area contributed by atoms with Crippen molar-refractivity contribution in [3.05, 3.63) is 30.0 Å². The van der Waals surface area contributed by atoms with E-state index in [1.54, 1.807) is 6.04 Å². The van der Waals surface area contributed by atoms with Crippen LogP contribution in [0.15, 0.2) is 23.9 Å². The van der Waals surface area contributed by atoms with Crippen LogP contribution in [0.2, 0.25) is 0 Å². The lowest BCUT2D eigenvalue weighted by Crippen LogP contribution is -2.56. The van der Waals surface area contributed by atoms with Gasteiger partial charge in [0.05, 0.1) is 12.8 Å². The van der Waals surface area contributed by atoms with Gasteiger partial charge < -0.3 is 5.32 Å². The Bertz CT molecular complexity index is 849. The summed E-state index contributed by atoms with van der Waals surface area (Å²) < 4.78 is 2.48. The maximum Gasteiger partial charge on any atom is 0.117 e. The van der Waals surface area contributed by atoms with Gasteiger partial charge in [0.25, 0.3) is 0 Å². The van der Waals surface area contributed by atoms with Crippen LogP contribution in [-0.2, 0) is 0 Å². The fourth-order valence-corrected chi connectivity index (χ4v) is 10.0. The van der Waals surface area contributed by atoms with Crippen LogP contribution in [0.4, 0.5) is 0 Å². The van der Waals surface area contributed by atoms with Crippen molar-refractivity contribution in [2.24, 2.45) is 53.3 Å². The summed E-state index contributed by atoms with van der Waals surface area (Å²) in [5, 5.41) is 4.47. The molecule has 0 aromatic heterocycles. The topological polar surface area (TPSA) is 15.0 Å². The zero-order valence-corrected chi connectivity index (χ0v) is 25.6. The number of nitrogens with zero attached hydrogens (tertiary/aromatic N) is 1. The Balaban J connectivity index is 1.45. The van der Waals surface area contributed by atoms with E-state index >= 15 is 0 Å². The van der Waals surface area contributed by atoms with Crippen molar-refractivity contribution in [3.8, 4) is 0 Å². The van der Waals surface area contributed by atoms with Crippen LogP contribution in [-0.4, -0.2) is 23.4 Å². The van der Waals surface area contributed by atoms with Crippen molar-refractivity contribution in [1.29, 1.82) is 0 Å². The molecule has 4 saturated carbocycles. The number of nitrogens with one attached hydrogen (secondary N) is 1. The second-order valence-electron chi connectivity index (χ2n) is 14.9. The summed E-state index contributed by atoms with van der Waals surface area (Å²) in [4.78, 5) is 0. The SMILES string of the molecule is C=[N+]1C(C(NC2C(C)CCCC2C(C)C)C2CCCCC2C(C)C)=CC=C[C-]1C1CCCC2CCCCC21. The normalized spacial score (nSPS) is 39.3. The van der Waals surface area contributed by atoms with Crippen molar-refractivity contribution in [3.63, 3.8) is 0 Å². The molecular formula is C36H60N2. The highest BCUT2D eigenvalue weighted by Gasteiger charge is 2.45. The van der Waals surface area contributed by atoms with E-state index in [0.29, 0.717) is 23.9 Å². The Morgan fingerprint density at radius 2 is 1.42 bits per heavy atom. The van der Waals surface area contributed by atoms with Crippen LogP contribution >= 0.6 is 0 Å². The van der Waals surface area contributed by atoms with Gasteiger partial charge in [-0.2, -0.15) is 0 Å². The van der Waals surface area contributed by atoms with E-state index in [-0.39, 0.29) is 0 Å². The molecule has 1 heterocycles. The van der Waals surface area contributed by atoms with E-state index in [4.69, 9.17) is 6.72 Å². The molecule has 0 amide bonds. The first-order valence-electron chi connectivity index (χ1n) is 17.0. The van der Waals surface area contributed by atoms with Crippen LogP contribution in [0, 0.1) is 59.3 Å². The van der Waals surface area contributed by atoms with Crippen LogP contribution in [0.3, 0.4) is 0 Å². The molecule has 1 aliphatic heterocycles. The Hall–Kier alpha value is -1.02. The average molecular weight is 521 g/mol. The van der Waals surface area contributed by atoms with E-state index in [9.17, 15) is 0 Å². The molecule has 0 aromatic carbocycles. The van der Waals surface area contributed by atoms with Gasteiger partial charge >= 0.3 is 0 Å². The van der Waals surface area contributed by atoms with E-state index in [1.807, 2.05) is 0 Å². The Labute approximate surface area is 236 Å². The summed E-state index contributed by atoms with van der Waals surface area (Å²) in [5.74, 6) is 7.09. The number of hydrogen-bond donors (Lipinski definition) is 1. The highest BCUT2D eigenvalue weighted by Crippen LogP contribution is 2.49. The molecule has 4 fully saturated rings. The lowest BCUT2D eigenvalue weighted by Gasteiger charge is -2.48. The van der Waals surface area contributed by atoms with Crippen LogP contribution in [0.5, 0.6) is 0 Å². The van der Waals surface area contributed by atoms with Crippen molar-refractivity contribution in [2.45, 2.75) is 137 Å². The van der Waals surface area contributed by atoms with Gasteiger partial charge in [-0.05, 0) is 79.4 Å². The number of fused-ring (bicyclic) bond motifs is 1. The molecule has 2 nitrogen and oxygen atoms in total. The average Bonchev–Trinajstić information content (AvgIpc) is 2.92. The van der Waals surface area contributed by atoms with Gasteiger partial charge in [0.2, 0.25) is 0 Å². The third kappa shape index (κ3) is 5.87. The third-order valence-corrected chi connectivity index (χ3v) is 12.1. The molecule has 5 aliphatic rings. The van der Waals surface area contributed by atoms with E-state index in [2.05, 4.69) is 62.7 Å². The molecule has 2 heteroatoms. The Morgan fingerprint density at radius 1 is 0.789 bits per heavy atom. The zero-order valence-electron chi connectivity index (χ0n) is 25.6. The summed E-state index contributed by atoms with van der Waals surface area (Å²) in [5.41, 5.74) is 1.48. The quantitative estimate of drug-likeness (QED) is 0.261. The zero-order chi connectivity index (χ0) is 26.8. The first kappa shape index (κ1) is 28.5. The van der Waals surface area contributed by atoms with Crippen LogP contribution in [0.25, 0.3) is 0 Å². The number of rotatable bonds is 7. The van der Waals surface area contributed by atoms with Crippen molar-refractivity contribution in [1.82, 2.24) is 5.32 Å². The highest BCUT2D eigenvalue weighted by atomic mass is 15.1. The molecular weight excluding hydrogens is 460 g/mol. The summed E-state index contributed by atoms with van der Waals surface area (Å²) in [6.07, 6.45) is 27.1. The molecule has 9 atom stereocenters. The molecule has 0 bridgehead atoms. The summed E-state index contributed by atoms with van der Waals surface area (Å²) >= 11 is 0. The maximum atomic E-state index is 4.86. The van der Waals surface area contributed by atoms with E-state index in [0.717, 1.165) is 41.4 Å². The van der Waals surface area contributed by atoms with Crippen molar-refractivity contribution < 1.29 is 4.58 Å². The number of allylic oxidation sites excluding steroid dienone is 2. The predicted octanol–water partition coefficient (Wildman–Crippen LogP) is 9.17. The van der Waals surface area contributed by atoms with E-state index in [1.165, 1.54) is 95.6 Å². The minimum absolute atomic E-state index is 0.415. The fourth-order valence-electron chi connectivity index (χ4n) is 10.0. The predicted molar refractivity (Wildman–Crippen MR) is 163 cm³/mol. The third-order valence-electron chi connectivity index (χ3n) is 12.1. The second-order valence-corrected chi connectivity index (χ2v) is 14.9. The van der Waals surface area contributed by atoms with Crippen LogP contribution in [0.1, 0.15) is 125 Å². The Kier molecular flexibility index (Phi) is 9.49. The lowest BCUT2D eigenvalue weighted by atomic mass is 9.63. The molecule has 5 rings (SSSR count). The lowest BCUT2D eigenvalue weighted by molar-refractivity contribution is -0.466. The molecule has 0 radical (unpaired) electrons.